The molecule has 1 atom stereocenters. The summed E-state index contributed by atoms with van der Waals surface area (Å²) >= 11 is 0. The van der Waals surface area contributed by atoms with Crippen molar-refractivity contribution in [1.29, 1.82) is 0 Å². The van der Waals surface area contributed by atoms with Gasteiger partial charge in [-0.1, -0.05) is 0 Å². The number of ether oxygens (including phenoxy) is 3. The Bertz CT molecular complexity index is 394. The zero-order valence-corrected chi connectivity index (χ0v) is 11.8. The fourth-order valence-electron chi connectivity index (χ4n) is 3.63. The number of carbonyl (C=O) groups excluding carboxylic acids is 2. The third-order valence-electron chi connectivity index (χ3n) is 4.65. The van der Waals surface area contributed by atoms with E-state index in [4.69, 9.17) is 14.2 Å². The molecule has 3 rings (SSSR count). The quantitative estimate of drug-likeness (QED) is 0.703. The number of esters is 1. The number of hydrogen-bond acceptors (Lipinski definition) is 5. The molecule has 0 bridgehead atoms. The molecule has 2 heterocycles. The van der Waals surface area contributed by atoms with E-state index in [2.05, 4.69) is 0 Å². The lowest BCUT2D eigenvalue weighted by Gasteiger charge is -2.40. The van der Waals surface area contributed by atoms with Gasteiger partial charge in [0.05, 0.1) is 20.3 Å². The van der Waals surface area contributed by atoms with Crippen LogP contribution in [0.15, 0.2) is 0 Å². The van der Waals surface area contributed by atoms with Crippen molar-refractivity contribution in [3.8, 4) is 0 Å². The minimum atomic E-state index is -0.431. The maximum atomic E-state index is 12.1. The number of nitrogens with zero attached hydrogens (tertiary/aromatic N) is 1. The Kier molecular flexibility index (Phi) is 3.69. The minimum Gasteiger partial charge on any atom is -0.467 e. The molecule has 20 heavy (non-hydrogen) atoms. The Morgan fingerprint density at radius 1 is 1.25 bits per heavy atom. The molecule has 6 heteroatoms. The van der Waals surface area contributed by atoms with Crippen LogP contribution in [0.1, 0.15) is 38.5 Å². The Morgan fingerprint density at radius 2 is 1.90 bits per heavy atom. The molecule has 1 saturated carbocycles. The Morgan fingerprint density at radius 3 is 2.50 bits per heavy atom. The summed E-state index contributed by atoms with van der Waals surface area (Å²) in [6, 6.07) is -0.301. The molecular formula is C14H21NO5. The lowest BCUT2D eigenvalue weighted by Crippen LogP contribution is -2.50. The number of methoxy groups -OCH3 is 1. The summed E-state index contributed by atoms with van der Waals surface area (Å²) in [5.41, 5.74) is 0. The van der Waals surface area contributed by atoms with Crippen molar-refractivity contribution in [3.05, 3.63) is 0 Å². The van der Waals surface area contributed by atoms with Gasteiger partial charge in [0.15, 0.2) is 5.79 Å². The summed E-state index contributed by atoms with van der Waals surface area (Å²) < 4.78 is 16.2. The highest BCUT2D eigenvalue weighted by atomic mass is 16.7. The molecule has 6 nitrogen and oxygen atoms in total. The van der Waals surface area contributed by atoms with E-state index in [0.29, 0.717) is 26.1 Å². The highest BCUT2D eigenvalue weighted by Crippen LogP contribution is 2.39. The summed E-state index contributed by atoms with van der Waals surface area (Å²) in [7, 11) is 1.37. The molecule has 0 aromatic carbocycles. The van der Waals surface area contributed by atoms with Gasteiger partial charge in [0.2, 0.25) is 5.91 Å². The molecule has 2 aliphatic heterocycles. The summed E-state index contributed by atoms with van der Waals surface area (Å²) in [5.74, 6) is -0.667. The molecule has 0 aromatic rings. The number of likely N-dealkylation sites (tertiary alicyclic amines) is 1. The Balaban J connectivity index is 1.66. The zero-order chi connectivity index (χ0) is 14.2. The maximum absolute atomic E-state index is 12.1. The first-order valence-electron chi connectivity index (χ1n) is 7.32. The molecule has 0 aromatic heterocycles. The van der Waals surface area contributed by atoms with E-state index < -0.39 is 11.8 Å². The first-order valence-corrected chi connectivity index (χ1v) is 7.32. The van der Waals surface area contributed by atoms with Crippen LogP contribution < -0.4 is 0 Å². The van der Waals surface area contributed by atoms with Crippen molar-refractivity contribution >= 4 is 11.9 Å². The SMILES string of the molecule is COC(=O)C1CCC(=O)N1C1CCC2(CC1)OCCO2. The van der Waals surface area contributed by atoms with Crippen molar-refractivity contribution in [3.63, 3.8) is 0 Å². The molecule has 0 radical (unpaired) electrons. The predicted octanol–water partition coefficient (Wildman–Crippen LogP) is 0.836. The number of hydrogen-bond donors (Lipinski definition) is 0. The van der Waals surface area contributed by atoms with Gasteiger partial charge in [0.1, 0.15) is 6.04 Å². The average Bonchev–Trinajstić information content (AvgIpc) is 3.07. The largest absolute Gasteiger partial charge is 0.467 e. The van der Waals surface area contributed by atoms with Crippen LogP contribution in [-0.4, -0.2) is 55.0 Å². The van der Waals surface area contributed by atoms with Gasteiger partial charge in [-0.15, -0.1) is 0 Å². The lowest BCUT2D eigenvalue weighted by atomic mass is 9.88. The van der Waals surface area contributed by atoms with Crippen molar-refractivity contribution < 1.29 is 23.8 Å². The van der Waals surface area contributed by atoms with Gasteiger partial charge in [0.25, 0.3) is 0 Å². The third kappa shape index (κ3) is 2.31. The van der Waals surface area contributed by atoms with Crippen LogP contribution in [0.4, 0.5) is 0 Å². The summed E-state index contributed by atoms with van der Waals surface area (Å²) in [6.45, 7) is 1.30. The molecule has 1 unspecified atom stereocenters. The second kappa shape index (κ2) is 5.33. The molecular weight excluding hydrogens is 262 g/mol. The highest BCUT2D eigenvalue weighted by molar-refractivity contribution is 5.88. The summed E-state index contributed by atoms with van der Waals surface area (Å²) in [5, 5.41) is 0. The van der Waals surface area contributed by atoms with Crippen molar-refractivity contribution in [2.45, 2.75) is 56.4 Å². The van der Waals surface area contributed by atoms with Gasteiger partial charge in [-0.25, -0.2) is 4.79 Å². The zero-order valence-electron chi connectivity index (χ0n) is 11.8. The summed E-state index contributed by atoms with van der Waals surface area (Å²) in [4.78, 5) is 25.6. The van der Waals surface area contributed by atoms with Crippen molar-refractivity contribution in [1.82, 2.24) is 4.90 Å². The van der Waals surface area contributed by atoms with Crippen molar-refractivity contribution in [2.24, 2.45) is 0 Å². The van der Waals surface area contributed by atoms with Gasteiger partial charge in [-0.3, -0.25) is 4.79 Å². The smallest absolute Gasteiger partial charge is 0.328 e. The van der Waals surface area contributed by atoms with Crippen LogP contribution in [0.2, 0.25) is 0 Å². The predicted molar refractivity (Wildman–Crippen MR) is 68.8 cm³/mol. The summed E-state index contributed by atoms with van der Waals surface area (Å²) in [6.07, 6.45) is 4.22. The molecule has 3 fully saturated rings. The van der Waals surface area contributed by atoms with Gasteiger partial charge >= 0.3 is 5.97 Å². The number of amides is 1. The first-order chi connectivity index (χ1) is 9.65. The van der Waals surface area contributed by atoms with Crippen LogP contribution in [0, 0.1) is 0 Å². The molecule has 1 spiro atoms. The second-order valence-corrected chi connectivity index (χ2v) is 5.72. The Hall–Kier alpha value is -1.14. The average molecular weight is 283 g/mol. The fraction of sp³-hybridized carbons (Fsp3) is 0.857. The molecule has 3 aliphatic rings. The lowest BCUT2D eigenvalue weighted by molar-refractivity contribution is -0.186. The first kappa shape index (κ1) is 13.8. The number of carbonyl (C=O) groups is 2. The number of rotatable bonds is 2. The second-order valence-electron chi connectivity index (χ2n) is 5.72. The van der Waals surface area contributed by atoms with E-state index in [0.717, 1.165) is 25.7 Å². The van der Waals surface area contributed by atoms with Crippen LogP contribution in [0.3, 0.4) is 0 Å². The Labute approximate surface area is 118 Å². The van der Waals surface area contributed by atoms with E-state index in [1.165, 1.54) is 7.11 Å². The van der Waals surface area contributed by atoms with E-state index >= 15 is 0 Å². The topological polar surface area (TPSA) is 65.1 Å². The monoisotopic (exact) mass is 283 g/mol. The molecule has 1 aliphatic carbocycles. The minimum absolute atomic E-state index is 0.0645. The van der Waals surface area contributed by atoms with Crippen LogP contribution in [0.25, 0.3) is 0 Å². The van der Waals surface area contributed by atoms with Crippen molar-refractivity contribution in [2.75, 3.05) is 20.3 Å². The van der Waals surface area contributed by atoms with Crippen LogP contribution in [-0.2, 0) is 23.8 Å². The normalized spacial score (nSPS) is 30.1. The van der Waals surface area contributed by atoms with Gasteiger partial charge in [-0.05, 0) is 19.3 Å². The molecule has 1 amide bonds. The van der Waals surface area contributed by atoms with Gasteiger partial charge < -0.3 is 19.1 Å². The highest BCUT2D eigenvalue weighted by Gasteiger charge is 2.46. The van der Waals surface area contributed by atoms with Gasteiger partial charge in [0, 0.05) is 25.3 Å². The van der Waals surface area contributed by atoms with Crippen LogP contribution in [0.5, 0.6) is 0 Å². The standard InChI is InChI=1S/C14H21NO5/c1-18-13(17)11-2-3-12(16)15(11)10-4-6-14(7-5-10)19-8-9-20-14/h10-11H,2-9H2,1H3. The van der Waals surface area contributed by atoms with E-state index in [-0.39, 0.29) is 17.9 Å². The van der Waals surface area contributed by atoms with E-state index in [1.54, 1.807) is 4.90 Å². The molecule has 0 N–H and O–H groups in total. The maximum Gasteiger partial charge on any atom is 0.328 e. The van der Waals surface area contributed by atoms with Gasteiger partial charge in [-0.2, -0.15) is 0 Å². The molecule has 2 saturated heterocycles. The fourth-order valence-corrected chi connectivity index (χ4v) is 3.63. The van der Waals surface area contributed by atoms with E-state index in [9.17, 15) is 9.59 Å². The third-order valence-corrected chi connectivity index (χ3v) is 4.65. The van der Waals surface area contributed by atoms with Crippen LogP contribution >= 0.6 is 0 Å². The molecule has 112 valence electrons. The van der Waals surface area contributed by atoms with E-state index in [1.807, 2.05) is 0 Å².